The first-order chi connectivity index (χ1) is 11.5. The lowest BCUT2D eigenvalue weighted by atomic mass is 9.99. The van der Waals surface area contributed by atoms with Crippen molar-refractivity contribution in [2.45, 2.75) is 0 Å². The summed E-state index contributed by atoms with van der Waals surface area (Å²) in [5, 5.41) is 13.7. The van der Waals surface area contributed by atoms with Gasteiger partial charge in [-0.1, -0.05) is 6.07 Å². The predicted octanol–water partition coefficient (Wildman–Crippen LogP) is 4.96. The fourth-order valence-corrected chi connectivity index (χ4v) is 4.04. The van der Waals surface area contributed by atoms with E-state index in [0.717, 1.165) is 27.7 Å². The number of hydrogen-bond donors (Lipinski definition) is 2. The van der Waals surface area contributed by atoms with Gasteiger partial charge in [0.25, 0.3) is 5.91 Å². The maximum Gasteiger partial charge on any atom is 0.256 e. The summed E-state index contributed by atoms with van der Waals surface area (Å²) in [5.41, 5.74) is 3.85. The lowest BCUT2D eigenvalue weighted by Gasteiger charge is -2.06. The Morgan fingerprint density at radius 1 is 1.12 bits per heavy atom. The smallest absolute Gasteiger partial charge is 0.256 e. The Kier molecular flexibility index (Phi) is 3.66. The number of aromatic nitrogens is 1. The third-order valence-corrected chi connectivity index (χ3v) is 5.11. The van der Waals surface area contributed by atoms with Crippen molar-refractivity contribution in [2.24, 2.45) is 0 Å². The molecule has 6 heteroatoms. The number of phenols is 1. The van der Waals surface area contributed by atoms with Gasteiger partial charge in [-0.15, -0.1) is 0 Å². The molecule has 118 valence electrons. The van der Waals surface area contributed by atoms with Crippen LogP contribution in [0, 0.1) is 0 Å². The molecule has 0 unspecified atom stereocenters. The molecule has 0 bridgehead atoms. The van der Waals surface area contributed by atoms with Gasteiger partial charge in [0, 0.05) is 22.8 Å². The quantitative estimate of drug-likeness (QED) is 0.520. The predicted molar refractivity (Wildman–Crippen MR) is 102 cm³/mol. The Balaban J connectivity index is 1.95. The van der Waals surface area contributed by atoms with Gasteiger partial charge in [-0.3, -0.25) is 9.78 Å². The van der Waals surface area contributed by atoms with E-state index < -0.39 is 0 Å². The van der Waals surface area contributed by atoms with Crippen LogP contribution < -0.4 is 5.32 Å². The molecule has 2 aromatic carbocycles. The summed E-state index contributed by atoms with van der Waals surface area (Å²) in [6.07, 6.45) is 3.54. The van der Waals surface area contributed by atoms with E-state index in [1.165, 1.54) is 0 Å². The molecule has 0 saturated carbocycles. The first-order valence-electron chi connectivity index (χ1n) is 7.14. The van der Waals surface area contributed by atoms with Crippen LogP contribution in [0.15, 0.2) is 51.5 Å². The molecule has 3 aromatic rings. The number of rotatable bonds is 1. The highest BCUT2D eigenvalue weighted by Gasteiger charge is 2.26. The lowest BCUT2D eigenvalue weighted by molar-refractivity contribution is -0.110. The van der Waals surface area contributed by atoms with E-state index in [0.29, 0.717) is 14.5 Å². The highest BCUT2D eigenvalue weighted by Crippen LogP contribution is 2.39. The number of phenolic OH excluding ortho intramolecular Hbond substituents is 1. The van der Waals surface area contributed by atoms with E-state index in [4.69, 9.17) is 0 Å². The second kappa shape index (κ2) is 5.72. The highest BCUT2D eigenvalue weighted by atomic mass is 79.9. The molecule has 0 spiro atoms. The summed E-state index contributed by atoms with van der Waals surface area (Å²) in [6.45, 7) is 0. The molecule has 0 aliphatic carbocycles. The van der Waals surface area contributed by atoms with Crippen LogP contribution in [-0.4, -0.2) is 16.0 Å². The van der Waals surface area contributed by atoms with Crippen molar-refractivity contribution in [1.29, 1.82) is 0 Å². The van der Waals surface area contributed by atoms with E-state index in [1.54, 1.807) is 18.3 Å². The van der Waals surface area contributed by atoms with Crippen molar-refractivity contribution < 1.29 is 9.90 Å². The van der Waals surface area contributed by atoms with Crippen LogP contribution in [-0.2, 0) is 4.79 Å². The van der Waals surface area contributed by atoms with E-state index >= 15 is 0 Å². The van der Waals surface area contributed by atoms with E-state index in [-0.39, 0.29) is 11.7 Å². The number of pyridine rings is 1. The molecule has 0 fully saturated rings. The monoisotopic (exact) mass is 444 g/mol. The van der Waals surface area contributed by atoms with Gasteiger partial charge in [-0.25, -0.2) is 0 Å². The minimum absolute atomic E-state index is 0.128. The molecule has 2 N–H and O–H groups in total. The molecule has 1 aliphatic heterocycles. The second-order valence-corrected chi connectivity index (χ2v) is 7.11. The number of nitrogens with zero attached hydrogens (tertiary/aromatic N) is 1. The van der Waals surface area contributed by atoms with Crippen LogP contribution in [0.4, 0.5) is 5.69 Å². The van der Waals surface area contributed by atoms with Crippen molar-refractivity contribution in [3.05, 3.63) is 62.7 Å². The summed E-state index contributed by atoms with van der Waals surface area (Å²) < 4.78 is 1.11. The molecule has 4 rings (SSSR count). The molecule has 4 nitrogen and oxygen atoms in total. The number of halogens is 2. The van der Waals surface area contributed by atoms with Gasteiger partial charge < -0.3 is 10.4 Å². The average Bonchev–Trinajstić information content (AvgIpc) is 2.89. The molecule has 24 heavy (non-hydrogen) atoms. The average molecular weight is 446 g/mol. The zero-order chi connectivity index (χ0) is 16.8. The molecule has 1 aromatic heterocycles. The third kappa shape index (κ3) is 2.42. The zero-order valence-electron chi connectivity index (χ0n) is 12.2. The van der Waals surface area contributed by atoms with Gasteiger partial charge in [0.2, 0.25) is 0 Å². The number of fused-ring (bicyclic) bond motifs is 3. The third-order valence-electron chi connectivity index (χ3n) is 3.90. The van der Waals surface area contributed by atoms with E-state index in [2.05, 4.69) is 42.2 Å². The summed E-state index contributed by atoms with van der Waals surface area (Å²) >= 11 is 6.63. The lowest BCUT2D eigenvalue weighted by Crippen LogP contribution is -2.03. The van der Waals surface area contributed by atoms with Crippen LogP contribution in [0.25, 0.3) is 22.6 Å². The number of carbonyl (C=O) groups excluding carboxylic acids is 1. The van der Waals surface area contributed by atoms with Crippen LogP contribution in [0.2, 0.25) is 0 Å². The maximum atomic E-state index is 12.4. The van der Waals surface area contributed by atoms with Gasteiger partial charge in [0.1, 0.15) is 5.75 Å². The summed E-state index contributed by atoms with van der Waals surface area (Å²) in [4.78, 5) is 16.8. The molecule has 0 atom stereocenters. The fourth-order valence-electron chi connectivity index (χ4n) is 2.82. The molecule has 0 radical (unpaired) electrons. The van der Waals surface area contributed by atoms with Gasteiger partial charge >= 0.3 is 0 Å². The summed E-state index contributed by atoms with van der Waals surface area (Å²) in [5.74, 6) is -0.0234. The normalized spacial score (nSPS) is 14.9. The van der Waals surface area contributed by atoms with Crippen molar-refractivity contribution in [3.8, 4) is 5.75 Å². The number of benzene rings is 2. The number of aromatic hydroxyl groups is 1. The van der Waals surface area contributed by atoms with E-state index in [9.17, 15) is 9.90 Å². The molecular weight excluding hydrogens is 436 g/mol. The minimum Gasteiger partial charge on any atom is -0.506 e. The Hall–Kier alpha value is -2.18. The van der Waals surface area contributed by atoms with Gasteiger partial charge in [0.15, 0.2) is 0 Å². The maximum absolute atomic E-state index is 12.4. The van der Waals surface area contributed by atoms with Crippen LogP contribution >= 0.6 is 31.9 Å². The molecule has 1 amide bonds. The van der Waals surface area contributed by atoms with Crippen molar-refractivity contribution in [1.82, 2.24) is 4.98 Å². The minimum atomic E-state index is -0.151. The topological polar surface area (TPSA) is 62.2 Å². The Bertz CT molecular complexity index is 1020. The van der Waals surface area contributed by atoms with Crippen LogP contribution in [0.1, 0.15) is 11.1 Å². The Morgan fingerprint density at radius 2 is 1.88 bits per heavy atom. The van der Waals surface area contributed by atoms with Gasteiger partial charge in [-0.2, -0.15) is 0 Å². The first-order valence-corrected chi connectivity index (χ1v) is 8.72. The highest BCUT2D eigenvalue weighted by molar-refractivity contribution is 9.11. The van der Waals surface area contributed by atoms with Gasteiger partial charge in [-0.05, 0) is 73.8 Å². The second-order valence-electron chi connectivity index (χ2n) is 5.40. The zero-order valence-corrected chi connectivity index (χ0v) is 15.3. The largest absolute Gasteiger partial charge is 0.506 e. The first kappa shape index (κ1) is 15.4. The van der Waals surface area contributed by atoms with E-state index in [1.807, 2.05) is 30.3 Å². The summed E-state index contributed by atoms with van der Waals surface area (Å²) in [6, 6.07) is 11.1. The number of hydrogen-bond acceptors (Lipinski definition) is 3. The van der Waals surface area contributed by atoms with Gasteiger partial charge in [0.05, 0.1) is 20.0 Å². The molecule has 2 heterocycles. The molecule has 0 saturated heterocycles. The number of carbonyl (C=O) groups is 1. The molecular formula is C18H10Br2N2O2. The number of amides is 1. The van der Waals surface area contributed by atoms with Crippen LogP contribution in [0.3, 0.4) is 0 Å². The van der Waals surface area contributed by atoms with Crippen molar-refractivity contribution in [2.75, 3.05) is 5.32 Å². The summed E-state index contributed by atoms with van der Waals surface area (Å²) in [7, 11) is 0. The number of nitrogens with one attached hydrogen (secondary N) is 1. The van der Waals surface area contributed by atoms with Crippen LogP contribution in [0.5, 0.6) is 5.75 Å². The fraction of sp³-hybridized carbons (Fsp3) is 0. The van der Waals surface area contributed by atoms with Crippen molar-refractivity contribution >= 4 is 66.0 Å². The van der Waals surface area contributed by atoms with Crippen molar-refractivity contribution in [3.63, 3.8) is 0 Å². The molecule has 1 aliphatic rings. The SMILES string of the molecule is O=C1Nc2ccc3ncccc3c2/C1=C/c1cc(Br)c(O)c(Br)c1. The standard InChI is InChI=1S/C18H10Br2N2O2/c19-12-7-9(8-13(20)17(12)23)6-11-16-10-2-1-5-21-14(10)3-4-15(16)22-18(11)24/h1-8,23H,(H,22,24)/b11-6-. The Labute approximate surface area is 154 Å². The Morgan fingerprint density at radius 3 is 2.62 bits per heavy atom. The number of anilines is 1.